The van der Waals surface area contributed by atoms with Crippen molar-refractivity contribution in [2.75, 3.05) is 16.8 Å². The normalized spacial score (nSPS) is 18.6. The number of carbonyl (C=O) groups is 1. The molecular formula is C11H15N5O. The minimum atomic E-state index is -0.0870. The molecule has 2 amide bonds. The van der Waals surface area contributed by atoms with E-state index in [1.165, 1.54) is 12.8 Å². The Morgan fingerprint density at radius 1 is 1.59 bits per heavy atom. The number of amides is 2. The minimum absolute atomic E-state index is 0.0870. The number of carbonyl (C=O) groups excluding carboxylic acids is 1. The van der Waals surface area contributed by atoms with Crippen LogP contribution in [0.2, 0.25) is 0 Å². The summed E-state index contributed by atoms with van der Waals surface area (Å²) in [4.78, 5) is 22.0. The number of hydrogen-bond acceptors (Lipinski definition) is 4. The lowest BCUT2D eigenvalue weighted by atomic mass is 10.2. The Balaban J connectivity index is 1.92. The van der Waals surface area contributed by atoms with E-state index in [1.54, 1.807) is 11.1 Å². The summed E-state index contributed by atoms with van der Waals surface area (Å²) in [7, 11) is 0. The van der Waals surface area contributed by atoms with Crippen LogP contribution in [0.1, 0.15) is 25.3 Å². The van der Waals surface area contributed by atoms with Crippen LogP contribution in [0.3, 0.4) is 0 Å². The summed E-state index contributed by atoms with van der Waals surface area (Å²) in [6.45, 7) is 3.05. The number of nitrogens with one attached hydrogen (secondary N) is 2. The van der Waals surface area contributed by atoms with E-state index >= 15 is 0 Å². The van der Waals surface area contributed by atoms with Gasteiger partial charge in [-0.2, -0.15) is 4.98 Å². The molecule has 6 nitrogen and oxygen atoms in total. The summed E-state index contributed by atoms with van der Waals surface area (Å²) < 4.78 is 0. The standard InChI is InChI=1S/C11H15N5O/c1-2-16-9-7(6-13-11(16)17)5-12-10(15-9)14-8-3-4-8/h5,8H,2-4,6H2,1H3,(H,13,17)(H,12,14,15). The molecule has 0 spiro atoms. The highest BCUT2D eigenvalue weighted by Gasteiger charge is 2.26. The second-order valence-electron chi connectivity index (χ2n) is 4.36. The topological polar surface area (TPSA) is 70.2 Å². The van der Waals surface area contributed by atoms with Crippen molar-refractivity contribution in [3.8, 4) is 0 Å². The fourth-order valence-electron chi connectivity index (χ4n) is 1.89. The molecule has 1 aromatic rings. The number of nitrogens with zero attached hydrogens (tertiary/aromatic N) is 3. The van der Waals surface area contributed by atoms with Crippen molar-refractivity contribution < 1.29 is 4.79 Å². The van der Waals surface area contributed by atoms with Crippen molar-refractivity contribution in [2.24, 2.45) is 0 Å². The quantitative estimate of drug-likeness (QED) is 0.820. The third-order valence-corrected chi connectivity index (χ3v) is 3.00. The van der Waals surface area contributed by atoms with E-state index in [2.05, 4.69) is 20.6 Å². The maximum Gasteiger partial charge on any atom is 0.323 e. The van der Waals surface area contributed by atoms with Crippen LogP contribution in [-0.2, 0) is 6.54 Å². The third kappa shape index (κ3) is 1.90. The lowest BCUT2D eigenvalue weighted by Crippen LogP contribution is -2.44. The van der Waals surface area contributed by atoms with Crippen LogP contribution >= 0.6 is 0 Å². The smallest absolute Gasteiger partial charge is 0.323 e. The zero-order valence-electron chi connectivity index (χ0n) is 9.73. The predicted octanol–water partition coefficient (Wildman–Crippen LogP) is 1.10. The minimum Gasteiger partial charge on any atom is -0.351 e. The first-order chi connectivity index (χ1) is 8.28. The van der Waals surface area contributed by atoms with Gasteiger partial charge in [0.2, 0.25) is 5.95 Å². The predicted molar refractivity (Wildman–Crippen MR) is 63.9 cm³/mol. The molecule has 1 saturated carbocycles. The molecule has 6 heteroatoms. The zero-order valence-corrected chi connectivity index (χ0v) is 9.73. The molecule has 90 valence electrons. The molecule has 1 aliphatic heterocycles. The molecule has 2 aliphatic rings. The number of rotatable bonds is 3. The van der Waals surface area contributed by atoms with Crippen LogP contribution in [-0.4, -0.2) is 28.6 Å². The Labute approximate surface area is 99.4 Å². The third-order valence-electron chi connectivity index (χ3n) is 3.00. The Kier molecular flexibility index (Phi) is 2.35. The van der Waals surface area contributed by atoms with Crippen molar-refractivity contribution in [2.45, 2.75) is 32.4 Å². The number of anilines is 2. The lowest BCUT2D eigenvalue weighted by molar-refractivity contribution is 0.244. The number of fused-ring (bicyclic) bond motifs is 1. The number of urea groups is 1. The molecule has 0 bridgehead atoms. The van der Waals surface area contributed by atoms with Gasteiger partial charge in [-0.05, 0) is 19.8 Å². The van der Waals surface area contributed by atoms with Gasteiger partial charge in [0.05, 0.1) is 0 Å². The highest BCUT2D eigenvalue weighted by atomic mass is 16.2. The van der Waals surface area contributed by atoms with E-state index in [1.807, 2.05) is 6.92 Å². The first-order valence-corrected chi connectivity index (χ1v) is 5.95. The number of hydrogen-bond donors (Lipinski definition) is 2. The Morgan fingerprint density at radius 2 is 2.41 bits per heavy atom. The van der Waals surface area contributed by atoms with Gasteiger partial charge in [-0.1, -0.05) is 0 Å². The first-order valence-electron chi connectivity index (χ1n) is 5.95. The van der Waals surface area contributed by atoms with Crippen LogP contribution in [0.25, 0.3) is 0 Å². The van der Waals surface area contributed by atoms with Gasteiger partial charge in [0.25, 0.3) is 0 Å². The molecule has 1 fully saturated rings. The van der Waals surface area contributed by atoms with Crippen LogP contribution < -0.4 is 15.5 Å². The van der Waals surface area contributed by atoms with Crippen molar-refractivity contribution in [3.63, 3.8) is 0 Å². The van der Waals surface area contributed by atoms with E-state index in [9.17, 15) is 4.79 Å². The van der Waals surface area contributed by atoms with Crippen LogP contribution in [0.5, 0.6) is 0 Å². The maximum atomic E-state index is 11.7. The molecule has 1 aromatic heterocycles. The molecule has 17 heavy (non-hydrogen) atoms. The Morgan fingerprint density at radius 3 is 3.12 bits per heavy atom. The summed E-state index contributed by atoms with van der Waals surface area (Å²) >= 11 is 0. The van der Waals surface area contributed by atoms with Gasteiger partial charge >= 0.3 is 6.03 Å². The average molecular weight is 233 g/mol. The molecule has 1 aliphatic carbocycles. The van der Waals surface area contributed by atoms with Gasteiger partial charge in [0, 0.05) is 30.9 Å². The fraction of sp³-hybridized carbons (Fsp3) is 0.545. The van der Waals surface area contributed by atoms with E-state index in [4.69, 9.17) is 0 Å². The first kappa shape index (κ1) is 10.3. The van der Waals surface area contributed by atoms with Gasteiger partial charge < -0.3 is 10.6 Å². The molecule has 2 heterocycles. The summed E-state index contributed by atoms with van der Waals surface area (Å²) in [6.07, 6.45) is 4.14. The number of aromatic nitrogens is 2. The van der Waals surface area contributed by atoms with Gasteiger partial charge in [-0.3, -0.25) is 4.90 Å². The molecule has 2 N–H and O–H groups in total. The molecular weight excluding hydrogens is 218 g/mol. The van der Waals surface area contributed by atoms with Gasteiger partial charge in [0.15, 0.2) is 0 Å². The molecule has 0 radical (unpaired) electrons. The van der Waals surface area contributed by atoms with Crippen LogP contribution in [0.15, 0.2) is 6.20 Å². The second kappa shape index (κ2) is 3.87. The van der Waals surface area contributed by atoms with Crippen molar-refractivity contribution in [1.29, 1.82) is 0 Å². The highest BCUT2D eigenvalue weighted by molar-refractivity contribution is 5.93. The highest BCUT2D eigenvalue weighted by Crippen LogP contribution is 2.26. The largest absolute Gasteiger partial charge is 0.351 e. The SMILES string of the molecule is CCN1C(=O)NCc2cnc(NC3CC3)nc21. The van der Waals surface area contributed by atoms with E-state index < -0.39 is 0 Å². The van der Waals surface area contributed by atoms with Crippen LogP contribution in [0, 0.1) is 0 Å². The summed E-state index contributed by atoms with van der Waals surface area (Å²) in [5, 5.41) is 6.04. The maximum absolute atomic E-state index is 11.7. The summed E-state index contributed by atoms with van der Waals surface area (Å²) in [5.41, 5.74) is 0.966. The van der Waals surface area contributed by atoms with Crippen molar-refractivity contribution >= 4 is 17.8 Å². The molecule has 0 aromatic carbocycles. The Hall–Kier alpha value is -1.85. The average Bonchev–Trinajstić information content (AvgIpc) is 3.13. The van der Waals surface area contributed by atoms with E-state index in [0.717, 1.165) is 11.4 Å². The molecule has 0 unspecified atom stereocenters. The monoisotopic (exact) mass is 233 g/mol. The lowest BCUT2D eigenvalue weighted by Gasteiger charge is -2.27. The molecule has 3 rings (SSSR count). The van der Waals surface area contributed by atoms with E-state index in [0.29, 0.717) is 25.1 Å². The van der Waals surface area contributed by atoms with Gasteiger partial charge in [0.1, 0.15) is 5.82 Å². The van der Waals surface area contributed by atoms with Gasteiger partial charge in [-0.15, -0.1) is 0 Å². The second-order valence-corrected chi connectivity index (χ2v) is 4.36. The van der Waals surface area contributed by atoms with Gasteiger partial charge in [-0.25, -0.2) is 9.78 Å². The summed E-state index contributed by atoms with van der Waals surface area (Å²) in [5.74, 6) is 1.36. The Bertz CT molecular complexity index is 457. The zero-order chi connectivity index (χ0) is 11.8. The van der Waals surface area contributed by atoms with Crippen molar-refractivity contribution in [3.05, 3.63) is 11.8 Å². The molecule has 0 atom stereocenters. The molecule has 0 saturated heterocycles. The van der Waals surface area contributed by atoms with Crippen molar-refractivity contribution in [1.82, 2.24) is 15.3 Å². The van der Waals surface area contributed by atoms with E-state index in [-0.39, 0.29) is 6.03 Å². The summed E-state index contributed by atoms with van der Waals surface area (Å²) in [6, 6.07) is 0.427. The van der Waals surface area contributed by atoms with Crippen LogP contribution in [0.4, 0.5) is 16.6 Å². The fourth-order valence-corrected chi connectivity index (χ4v) is 1.89.